The molecule has 0 saturated heterocycles. The molecule has 0 unspecified atom stereocenters. The Morgan fingerprint density at radius 2 is 1.81 bits per heavy atom. The number of hydrogen-bond donors (Lipinski definition) is 1. The van der Waals surface area contributed by atoms with Crippen molar-refractivity contribution < 1.29 is 23.7 Å². The number of phenols is 1. The van der Waals surface area contributed by atoms with Gasteiger partial charge in [0.05, 0.1) is 17.9 Å². The van der Waals surface area contributed by atoms with Gasteiger partial charge in [-0.2, -0.15) is 4.40 Å². The first-order chi connectivity index (χ1) is 12.6. The second kappa shape index (κ2) is 5.14. The summed E-state index contributed by atoms with van der Waals surface area (Å²) in [4.78, 5) is 0. The topological polar surface area (TPSA) is 52.0 Å². The molecule has 2 aromatic heterocycles. The number of ether oxygens (including phenoxy) is 3. The maximum absolute atomic E-state index is 10.7. The zero-order valence-corrected chi connectivity index (χ0v) is 14.8. The Bertz CT molecular complexity index is 1230. The van der Waals surface area contributed by atoms with Crippen LogP contribution in [-0.4, -0.2) is 19.0 Å². The maximum Gasteiger partial charge on any atom is 0.231 e. The van der Waals surface area contributed by atoms with Gasteiger partial charge in [-0.3, -0.25) is 0 Å². The van der Waals surface area contributed by atoms with Crippen molar-refractivity contribution in [2.24, 2.45) is 0 Å². The highest BCUT2D eigenvalue weighted by Crippen LogP contribution is 2.40. The lowest BCUT2D eigenvalue weighted by molar-refractivity contribution is -0.517. The second-order valence-electron chi connectivity index (χ2n) is 6.58. The predicted molar refractivity (Wildman–Crippen MR) is 98.4 cm³/mol. The fourth-order valence-corrected chi connectivity index (χ4v) is 3.99. The van der Waals surface area contributed by atoms with Crippen molar-refractivity contribution in [2.75, 3.05) is 13.9 Å². The summed E-state index contributed by atoms with van der Waals surface area (Å²) in [6.07, 6.45) is 2.03. The summed E-state index contributed by atoms with van der Waals surface area (Å²) in [5.41, 5.74) is 3.14. The van der Waals surface area contributed by atoms with Crippen LogP contribution < -0.4 is 18.6 Å². The van der Waals surface area contributed by atoms with Crippen molar-refractivity contribution in [3.63, 3.8) is 0 Å². The Hall–Kier alpha value is -3.21. The Morgan fingerprint density at radius 1 is 1.04 bits per heavy atom. The molecule has 5 heteroatoms. The molecule has 0 atom stereocenters. The number of phenolic OH excluding ortho intramolecular Hbond substituents is 1. The van der Waals surface area contributed by atoms with Crippen molar-refractivity contribution >= 4 is 27.1 Å². The molecule has 5 rings (SSSR count). The third-order valence-electron chi connectivity index (χ3n) is 5.29. The van der Waals surface area contributed by atoms with Crippen LogP contribution in [0, 0.1) is 13.8 Å². The molecule has 0 spiro atoms. The van der Waals surface area contributed by atoms with E-state index in [-0.39, 0.29) is 12.5 Å². The zero-order valence-electron chi connectivity index (χ0n) is 14.8. The number of aromatic hydroxyl groups is 1. The molecule has 0 radical (unpaired) electrons. The predicted octanol–water partition coefficient (Wildman–Crippen LogP) is 3.79. The molecule has 4 aromatic rings. The van der Waals surface area contributed by atoms with Crippen LogP contribution in [0.1, 0.15) is 11.3 Å². The van der Waals surface area contributed by atoms with E-state index in [0.29, 0.717) is 5.75 Å². The van der Waals surface area contributed by atoms with Gasteiger partial charge in [0, 0.05) is 23.9 Å². The number of methoxy groups -OCH3 is 1. The SMILES string of the molecule is COc1ccc2c(C)c3c4cc5c(cc4cc[n+]3c(C)c2c1O)OCO5. The third kappa shape index (κ3) is 1.83. The van der Waals surface area contributed by atoms with Crippen LogP contribution in [-0.2, 0) is 0 Å². The summed E-state index contributed by atoms with van der Waals surface area (Å²) in [7, 11) is 1.56. The monoisotopic (exact) mass is 348 g/mol. The molecule has 5 nitrogen and oxygen atoms in total. The minimum atomic E-state index is 0.172. The fourth-order valence-electron chi connectivity index (χ4n) is 3.99. The Morgan fingerprint density at radius 3 is 2.58 bits per heavy atom. The highest BCUT2D eigenvalue weighted by Gasteiger charge is 2.24. The van der Waals surface area contributed by atoms with Crippen LogP contribution in [0.4, 0.5) is 0 Å². The minimum absolute atomic E-state index is 0.172. The number of hydrogen-bond acceptors (Lipinski definition) is 4. The summed E-state index contributed by atoms with van der Waals surface area (Å²) in [6.45, 7) is 4.34. The van der Waals surface area contributed by atoms with Gasteiger partial charge >= 0.3 is 0 Å². The lowest BCUT2D eigenvalue weighted by Crippen LogP contribution is -2.27. The lowest BCUT2D eigenvalue weighted by atomic mass is 9.99. The van der Waals surface area contributed by atoms with Crippen LogP contribution in [0.2, 0.25) is 0 Å². The Labute approximate surface area is 150 Å². The van der Waals surface area contributed by atoms with Crippen LogP contribution >= 0.6 is 0 Å². The number of aromatic nitrogens is 1. The quantitative estimate of drug-likeness (QED) is 0.323. The Kier molecular flexibility index (Phi) is 2.98. The molecule has 3 heterocycles. The van der Waals surface area contributed by atoms with Gasteiger partial charge in [-0.25, -0.2) is 0 Å². The van der Waals surface area contributed by atoms with Crippen molar-refractivity contribution in [1.29, 1.82) is 0 Å². The molecular formula is C21H18NO4+. The maximum atomic E-state index is 10.7. The van der Waals surface area contributed by atoms with E-state index < -0.39 is 0 Å². The van der Waals surface area contributed by atoms with Crippen LogP contribution in [0.25, 0.3) is 27.1 Å². The van der Waals surface area contributed by atoms with Gasteiger partial charge in [0.25, 0.3) is 0 Å². The Balaban J connectivity index is 2.00. The number of pyridine rings is 2. The van der Waals surface area contributed by atoms with E-state index >= 15 is 0 Å². The number of aryl methyl sites for hydroxylation is 2. The molecular weight excluding hydrogens is 330 g/mol. The first-order valence-corrected chi connectivity index (χ1v) is 8.46. The molecule has 1 aliphatic heterocycles. The normalized spacial score (nSPS) is 13.0. The van der Waals surface area contributed by atoms with Crippen LogP contribution in [0.5, 0.6) is 23.0 Å². The van der Waals surface area contributed by atoms with Gasteiger partial charge in [0.15, 0.2) is 34.9 Å². The highest BCUT2D eigenvalue weighted by atomic mass is 16.7. The van der Waals surface area contributed by atoms with Crippen molar-refractivity contribution in [1.82, 2.24) is 0 Å². The average Bonchev–Trinajstić information content (AvgIpc) is 3.10. The first-order valence-electron chi connectivity index (χ1n) is 8.46. The summed E-state index contributed by atoms with van der Waals surface area (Å²) in [5, 5.41) is 14.7. The minimum Gasteiger partial charge on any atom is -0.504 e. The first kappa shape index (κ1) is 15.1. The second-order valence-corrected chi connectivity index (χ2v) is 6.58. The van der Waals surface area contributed by atoms with E-state index in [1.165, 1.54) is 0 Å². The number of benzene rings is 2. The van der Waals surface area contributed by atoms with Gasteiger partial charge in [0.2, 0.25) is 12.3 Å². The van der Waals surface area contributed by atoms with E-state index in [0.717, 1.165) is 49.8 Å². The van der Waals surface area contributed by atoms with Gasteiger partial charge < -0.3 is 19.3 Å². The van der Waals surface area contributed by atoms with Crippen LogP contribution in [0.3, 0.4) is 0 Å². The van der Waals surface area contributed by atoms with Crippen molar-refractivity contribution in [2.45, 2.75) is 13.8 Å². The summed E-state index contributed by atoms with van der Waals surface area (Å²) in [5.74, 6) is 2.19. The van der Waals surface area contributed by atoms with E-state index in [4.69, 9.17) is 14.2 Å². The van der Waals surface area contributed by atoms with E-state index in [1.807, 2.05) is 31.3 Å². The number of rotatable bonds is 1. The molecule has 1 N–H and O–H groups in total. The molecule has 0 aliphatic carbocycles. The average molecular weight is 348 g/mol. The molecule has 0 fully saturated rings. The van der Waals surface area contributed by atoms with Gasteiger partial charge in [-0.1, -0.05) is 0 Å². The highest BCUT2D eigenvalue weighted by molar-refractivity contribution is 6.04. The molecule has 26 heavy (non-hydrogen) atoms. The summed E-state index contributed by atoms with van der Waals surface area (Å²) in [6, 6.07) is 9.92. The third-order valence-corrected chi connectivity index (χ3v) is 5.29. The molecule has 130 valence electrons. The van der Waals surface area contributed by atoms with E-state index in [1.54, 1.807) is 13.2 Å². The summed E-state index contributed by atoms with van der Waals surface area (Å²) >= 11 is 0. The number of fused-ring (bicyclic) bond motifs is 5. The fraction of sp³-hybridized carbons (Fsp3) is 0.190. The molecule has 2 aromatic carbocycles. The van der Waals surface area contributed by atoms with E-state index in [2.05, 4.69) is 17.4 Å². The number of nitrogens with zero attached hydrogens (tertiary/aromatic N) is 1. The van der Waals surface area contributed by atoms with E-state index in [9.17, 15) is 5.11 Å². The molecule has 0 saturated carbocycles. The largest absolute Gasteiger partial charge is 0.504 e. The van der Waals surface area contributed by atoms with Gasteiger partial charge in [-0.05, 0) is 36.6 Å². The zero-order chi connectivity index (χ0) is 18.0. The van der Waals surface area contributed by atoms with Crippen LogP contribution in [0.15, 0.2) is 36.5 Å². The van der Waals surface area contributed by atoms with Gasteiger partial charge in [-0.15, -0.1) is 0 Å². The standard InChI is InChI=1S/C21H17NO4/c1-11-14-4-5-16(24-3)21(23)19(14)12(2)22-7-6-13-8-17-18(26-10-25-17)9-15(13)20(11)22/h4-9H,10H2,1-3H3/p+1. The van der Waals surface area contributed by atoms with Crippen molar-refractivity contribution in [3.05, 3.63) is 47.8 Å². The smallest absolute Gasteiger partial charge is 0.231 e. The van der Waals surface area contributed by atoms with Gasteiger partial charge in [0.1, 0.15) is 0 Å². The summed E-state index contributed by atoms with van der Waals surface area (Å²) < 4.78 is 18.5. The van der Waals surface area contributed by atoms with Crippen molar-refractivity contribution in [3.8, 4) is 23.0 Å². The lowest BCUT2D eigenvalue weighted by Gasteiger charge is -2.12. The molecule has 1 aliphatic rings. The molecule has 0 bridgehead atoms. The molecule has 0 amide bonds.